The van der Waals surface area contributed by atoms with Crippen molar-refractivity contribution >= 4 is 47.8 Å². The molecule has 1 aliphatic heterocycles. The molecule has 1 atom stereocenters. The normalized spacial score (nSPS) is 16.4. The fraction of sp³-hybridized carbons (Fsp3) is 0.556. The minimum atomic E-state index is -0.543. The monoisotopic (exact) mass is 492 g/mol. The number of hydrogen-bond acceptors (Lipinski definition) is 4. The molecular weight excluding hydrogens is 463 g/mol. The number of carbonyl (C=O) groups excluding carboxylic acids is 1. The van der Waals surface area contributed by atoms with Crippen LogP contribution in [0.5, 0.6) is 0 Å². The highest BCUT2D eigenvalue weighted by Crippen LogP contribution is 2.16. The first-order chi connectivity index (χ1) is 11.8. The van der Waals surface area contributed by atoms with Crippen LogP contribution in [0.2, 0.25) is 0 Å². The van der Waals surface area contributed by atoms with E-state index in [0.717, 1.165) is 30.2 Å². The molecule has 0 radical (unpaired) electrons. The van der Waals surface area contributed by atoms with Gasteiger partial charge in [-0.25, -0.2) is 4.79 Å². The predicted octanol–water partition coefficient (Wildman–Crippen LogP) is 3.23. The molecule has 0 aromatic heterocycles. The number of thioether (sulfide) groups is 1. The second-order valence-corrected chi connectivity index (χ2v) is 8.13. The standard InChI is InChI=1S/C18H28N4O2S.HI/c1-18(2,3)24-17(23)21-15(14-7-5-4-6-8-14)13-20-16(19)22-9-11-25-12-10-22;/h4-8,15H,9-13H2,1-3H3,(H2,19,20)(H,21,23);1H. The molecule has 1 unspecified atom stereocenters. The molecule has 146 valence electrons. The number of nitrogens with two attached hydrogens (primary N) is 1. The fourth-order valence-corrected chi connectivity index (χ4v) is 3.35. The van der Waals surface area contributed by atoms with E-state index in [0.29, 0.717) is 12.5 Å². The van der Waals surface area contributed by atoms with E-state index in [-0.39, 0.29) is 30.0 Å². The number of ether oxygens (including phenoxy) is 1. The number of nitrogens with one attached hydrogen (secondary N) is 1. The number of carbonyl (C=O) groups is 1. The van der Waals surface area contributed by atoms with Crippen molar-refractivity contribution in [3.8, 4) is 0 Å². The first-order valence-electron chi connectivity index (χ1n) is 8.52. The molecule has 6 nitrogen and oxygen atoms in total. The molecule has 0 saturated carbocycles. The van der Waals surface area contributed by atoms with Crippen LogP contribution in [-0.2, 0) is 4.74 Å². The zero-order chi connectivity index (χ0) is 18.3. The molecule has 1 saturated heterocycles. The number of guanidine groups is 1. The average Bonchev–Trinajstić information content (AvgIpc) is 2.58. The molecule has 3 N–H and O–H groups in total. The van der Waals surface area contributed by atoms with Crippen molar-refractivity contribution in [1.29, 1.82) is 0 Å². The van der Waals surface area contributed by atoms with E-state index in [1.807, 2.05) is 62.9 Å². The van der Waals surface area contributed by atoms with Crippen LogP contribution in [0.4, 0.5) is 4.79 Å². The lowest BCUT2D eigenvalue weighted by molar-refractivity contribution is 0.0505. The van der Waals surface area contributed by atoms with Gasteiger partial charge in [0, 0.05) is 24.6 Å². The van der Waals surface area contributed by atoms with Gasteiger partial charge in [-0.1, -0.05) is 30.3 Å². The van der Waals surface area contributed by atoms with Gasteiger partial charge in [-0.2, -0.15) is 11.8 Å². The summed E-state index contributed by atoms with van der Waals surface area (Å²) in [5.74, 6) is 2.66. The van der Waals surface area contributed by atoms with E-state index in [1.165, 1.54) is 0 Å². The predicted molar refractivity (Wildman–Crippen MR) is 119 cm³/mol. The Kier molecular flexibility index (Phi) is 9.56. The topological polar surface area (TPSA) is 79.9 Å². The molecular formula is C18H29IN4O2S. The van der Waals surface area contributed by atoms with Crippen LogP contribution in [0.3, 0.4) is 0 Å². The van der Waals surface area contributed by atoms with E-state index in [9.17, 15) is 4.79 Å². The first kappa shape index (κ1) is 22.9. The van der Waals surface area contributed by atoms with Crippen LogP contribution in [0.25, 0.3) is 0 Å². The Bertz CT molecular complexity index is 587. The van der Waals surface area contributed by atoms with E-state index < -0.39 is 11.7 Å². The molecule has 8 heteroatoms. The fourth-order valence-electron chi connectivity index (χ4n) is 2.45. The van der Waals surface area contributed by atoms with E-state index in [4.69, 9.17) is 10.5 Å². The quantitative estimate of drug-likeness (QED) is 0.383. The number of rotatable bonds is 4. The summed E-state index contributed by atoms with van der Waals surface area (Å²) < 4.78 is 5.37. The Morgan fingerprint density at radius 1 is 1.31 bits per heavy atom. The zero-order valence-corrected chi connectivity index (χ0v) is 18.8. The van der Waals surface area contributed by atoms with Crippen LogP contribution >= 0.6 is 35.7 Å². The second kappa shape index (κ2) is 10.9. The molecule has 1 aromatic rings. The molecule has 1 amide bonds. The van der Waals surface area contributed by atoms with Gasteiger partial charge in [0.15, 0.2) is 5.96 Å². The van der Waals surface area contributed by atoms with Crippen molar-refractivity contribution in [3.05, 3.63) is 35.9 Å². The Morgan fingerprint density at radius 2 is 1.92 bits per heavy atom. The molecule has 1 heterocycles. The molecule has 0 bridgehead atoms. The number of halogens is 1. The number of benzene rings is 1. The van der Waals surface area contributed by atoms with Crippen molar-refractivity contribution in [2.45, 2.75) is 32.4 Å². The van der Waals surface area contributed by atoms with Crippen molar-refractivity contribution in [2.24, 2.45) is 10.7 Å². The Labute approximate surface area is 177 Å². The second-order valence-electron chi connectivity index (χ2n) is 6.91. The third-order valence-electron chi connectivity index (χ3n) is 3.66. The van der Waals surface area contributed by atoms with Gasteiger partial charge in [0.25, 0.3) is 0 Å². The van der Waals surface area contributed by atoms with Crippen molar-refractivity contribution in [3.63, 3.8) is 0 Å². The number of aliphatic imine (C=N–C) groups is 1. The summed E-state index contributed by atoms with van der Waals surface area (Å²) in [5.41, 5.74) is 6.56. The van der Waals surface area contributed by atoms with Crippen molar-refractivity contribution < 1.29 is 9.53 Å². The summed E-state index contributed by atoms with van der Waals surface area (Å²) in [6, 6.07) is 9.46. The molecule has 0 spiro atoms. The van der Waals surface area contributed by atoms with Gasteiger partial charge in [0.2, 0.25) is 0 Å². The number of hydrogen-bond donors (Lipinski definition) is 2. The lowest BCUT2D eigenvalue weighted by atomic mass is 10.1. The summed E-state index contributed by atoms with van der Waals surface area (Å²) in [4.78, 5) is 18.8. The maximum atomic E-state index is 12.2. The highest BCUT2D eigenvalue weighted by atomic mass is 127. The highest BCUT2D eigenvalue weighted by molar-refractivity contribution is 14.0. The van der Waals surface area contributed by atoms with Gasteiger partial charge < -0.3 is 20.7 Å². The number of nitrogens with zero attached hydrogens (tertiary/aromatic N) is 2. The minimum Gasteiger partial charge on any atom is -0.444 e. The average molecular weight is 492 g/mol. The Morgan fingerprint density at radius 3 is 2.50 bits per heavy atom. The molecule has 1 fully saturated rings. The SMILES string of the molecule is CC(C)(C)OC(=O)NC(CN=C(N)N1CCSCC1)c1ccccc1.I. The van der Waals surface area contributed by atoms with E-state index >= 15 is 0 Å². The number of alkyl carbamates (subject to hydrolysis) is 1. The van der Waals surface area contributed by atoms with Crippen LogP contribution in [-0.4, -0.2) is 53.7 Å². The molecule has 1 aliphatic rings. The van der Waals surface area contributed by atoms with E-state index in [1.54, 1.807) is 0 Å². The minimum absolute atomic E-state index is 0. The Balaban J connectivity index is 0.00000338. The third kappa shape index (κ3) is 8.03. The summed E-state index contributed by atoms with van der Waals surface area (Å²) in [7, 11) is 0. The van der Waals surface area contributed by atoms with Crippen LogP contribution in [0, 0.1) is 0 Å². The van der Waals surface area contributed by atoms with Gasteiger partial charge in [-0.3, -0.25) is 4.99 Å². The lowest BCUT2D eigenvalue weighted by Crippen LogP contribution is -2.43. The third-order valence-corrected chi connectivity index (χ3v) is 4.61. The van der Waals surface area contributed by atoms with Gasteiger partial charge in [-0.15, -0.1) is 24.0 Å². The molecule has 26 heavy (non-hydrogen) atoms. The lowest BCUT2D eigenvalue weighted by Gasteiger charge is -2.28. The summed E-state index contributed by atoms with van der Waals surface area (Å²) in [5, 5.41) is 2.90. The van der Waals surface area contributed by atoms with E-state index in [2.05, 4.69) is 15.2 Å². The van der Waals surface area contributed by atoms with Crippen molar-refractivity contribution in [2.75, 3.05) is 31.1 Å². The molecule has 0 aliphatic carbocycles. The van der Waals surface area contributed by atoms with Crippen LogP contribution in [0.1, 0.15) is 32.4 Å². The largest absolute Gasteiger partial charge is 0.444 e. The van der Waals surface area contributed by atoms with Gasteiger partial charge >= 0.3 is 6.09 Å². The van der Waals surface area contributed by atoms with Gasteiger partial charge in [0.05, 0.1) is 12.6 Å². The zero-order valence-electron chi connectivity index (χ0n) is 15.6. The van der Waals surface area contributed by atoms with Gasteiger partial charge in [-0.05, 0) is 26.3 Å². The summed E-state index contributed by atoms with van der Waals surface area (Å²) >= 11 is 1.93. The van der Waals surface area contributed by atoms with Crippen LogP contribution in [0.15, 0.2) is 35.3 Å². The molecule has 2 rings (SSSR count). The van der Waals surface area contributed by atoms with Gasteiger partial charge in [0.1, 0.15) is 5.60 Å². The first-order valence-corrected chi connectivity index (χ1v) is 9.68. The summed E-state index contributed by atoms with van der Waals surface area (Å²) in [6.45, 7) is 7.72. The highest BCUT2D eigenvalue weighted by Gasteiger charge is 2.21. The maximum Gasteiger partial charge on any atom is 0.408 e. The summed E-state index contributed by atoms with van der Waals surface area (Å²) in [6.07, 6.45) is -0.454. The van der Waals surface area contributed by atoms with Crippen molar-refractivity contribution in [1.82, 2.24) is 10.2 Å². The smallest absolute Gasteiger partial charge is 0.408 e. The number of amides is 1. The Hall–Kier alpha value is -1.16. The molecule has 1 aromatic carbocycles. The van der Waals surface area contributed by atoms with Crippen LogP contribution < -0.4 is 11.1 Å². The maximum absolute atomic E-state index is 12.2.